The van der Waals surface area contributed by atoms with Crippen molar-refractivity contribution in [2.45, 2.75) is 6.92 Å². The van der Waals surface area contributed by atoms with Gasteiger partial charge in [0.05, 0.1) is 18.8 Å². The van der Waals surface area contributed by atoms with Crippen LogP contribution in [0.15, 0.2) is 24.3 Å². The van der Waals surface area contributed by atoms with E-state index >= 15 is 0 Å². The Kier molecular flexibility index (Phi) is 4.03. The van der Waals surface area contributed by atoms with Gasteiger partial charge < -0.3 is 14.8 Å². The average molecular weight is 260 g/mol. The van der Waals surface area contributed by atoms with E-state index in [-0.39, 0.29) is 17.9 Å². The molecule has 0 unspecified atom stereocenters. The molecule has 1 aliphatic heterocycles. The lowest BCUT2D eigenvalue weighted by Crippen LogP contribution is -2.49. The molecule has 1 aromatic carbocycles. The van der Waals surface area contributed by atoms with Crippen LogP contribution >= 0.6 is 0 Å². The molecule has 100 valence electrons. The Morgan fingerprint density at radius 3 is 2.89 bits per heavy atom. The molecule has 0 spiro atoms. The summed E-state index contributed by atoms with van der Waals surface area (Å²) in [5.74, 6) is 0.235. The van der Waals surface area contributed by atoms with Crippen molar-refractivity contribution in [2.24, 2.45) is 5.41 Å². The van der Waals surface area contributed by atoms with Crippen LogP contribution in [0.2, 0.25) is 0 Å². The Labute approximate surface area is 112 Å². The van der Waals surface area contributed by atoms with Crippen LogP contribution in [0.4, 0.5) is 0 Å². The lowest BCUT2D eigenvalue weighted by molar-refractivity contribution is -0.128. The van der Waals surface area contributed by atoms with Crippen molar-refractivity contribution in [3.8, 4) is 11.8 Å². The van der Waals surface area contributed by atoms with Crippen molar-refractivity contribution in [3.63, 3.8) is 0 Å². The molecule has 1 aliphatic rings. The summed E-state index contributed by atoms with van der Waals surface area (Å²) in [6, 6.07) is 8.86. The van der Waals surface area contributed by atoms with Gasteiger partial charge in [-0.2, -0.15) is 5.26 Å². The van der Waals surface area contributed by atoms with E-state index in [0.717, 1.165) is 0 Å². The number of amides is 1. The largest absolute Gasteiger partial charge is 0.482 e. The Hall–Kier alpha value is -2.06. The second-order valence-electron chi connectivity index (χ2n) is 4.98. The molecule has 5 nitrogen and oxygen atoms in total. The summed E-state index contributed by atoms with van der Waals surface area (Å²) in [6.45, 7) is 3.89. The van der Waals surface area contributed by atoms with Crippen molar-refractivity contribution in [3.05, 3.63) is 29.8 Å². The van der Waals surface area contributed by atoms with E-state index < -0.39 is 0 Å². The average Bonchev–Trinajstić information content (AvgIpc) is 2.41. The summed E-state index contributed by atoms with van der Waals surface area (Å²) in [6.07, 6.45) is 0. The zero-order chi connectivity index (χ0) is 13.7. The molecule has 1 fully saturated rings. The summed E-state index contributed by atoms with van der Waals surface area (Å²) in [7, 11) is 0. The van der Waals surface area contributed by atoms with Gasteiger partial charge in [0.2, 0.25) is 0 Å². The van der Waals surface area contributed by atoms with Crippen LogP contribution < -0.4 is 10.1 Å². The van der Waals surface area contributed by atoms with Crippen LogP contribution in [0.3, 0.4) is 0 Å². The third-order valence-corrected chi connectivity index (χ3v) is 2.98. The van der Waals surface area contributed by atoms with Gasteiger partial charge in [0, 0.05) is 12.0 Å². The topological polar surface area (TPSA) is 71.3 Å². The van der Waals surface area contributed by atoms with E-state index in [1.807, 2.05) is 6.07 Å². The highest BCUT2D eigenvalue weighted by atomic mass is 16.5. The Bertz CT molecular complexity index is 504. The van der Waals surface area contributed by atoms with E-state index in [4.69, 9.17) is 14.7 Å². The van der Waals surface area contributed by atoms with Gasteiger partial charge in [0.25, 0.3) is 5.91 Å². The zero-order valence-electron chi connectivity index (χ0n) is 10.8. The molecule has 1 heterocycles. The second kappa shape index (κ2) is 5.72. The molecule has 0 atom stereocenters. The highest BCUT2D eigenvalue weighted by Crippen LogP contribution is 2.25. The number of nitrogens with zero attached hydrogens (tertiary/aromatic N) is 1. The van der Waals surface area contributed by atoms with Crippen molar-refractivity contribution in [2.75, 3.05) is 26.4 Å². The highest BCUT2D eigenvalue weighted by Gasteiger charge is 2.33. The van der Waals surface area contributed by atoms with Gasteiger partial charge in [-0.1, -0.05) is 19.1 Å². The predicted molar refractivity (Wildman–Crippen MR) is 68.6 cm³/mol. The summed E-state index contributed by atoms with van der Waals surface area (Å²) >= 11 is 0. The molecule has 1 N–H and O–H groups in total. The van der Waals surface area contributed by atoms with Gasteiger partial charge in [0.1, 0.15) is 11.8 Å². The van der Waals surface area contributed by atoms with Crippen LogP contribution in [0.25, 0.3) is 0 Å². The van der Waals surface area contributed by atoms with Gasteiger partial charge in [-0.3, -0.25) is 4.79 Å². The first kappa shape index (κ1) is 13.4. The molecular weight excluding hydrogens is 244 g/mol. The number of hydrogen-bond donors (Lipinski definition) is 1. The molecule has 0 bridgehead atoms. The number of nitriles is 1. The summed E-state index contributed by atoms with van der Waals surface area (Å²) in [5, 5.41) is 11.7. The molecule has 0 aromatic heterocycles. The number of carbonyl (C=O) groups is 1. The van der Waals surface area contributed by atoms with Crippen LogP contribution in [0, 0.1) is 16.7 Å². The normalized spacial score (nSPS) is 16.0. The Morgan fingerprint density at radius 2 is 2.26 bits per heavy atom. The lowest BCUT2D eigenvalue weighted by atomic mass is 9.89. The number of para-hydroxylation sites is 1. The van der Waals surface area contributed by atoms with Crippen LogP contribution in [0.1, 0.15) is 12.5 Å². The summed E-state index contributed by atoms with van der Waals surface area (Å²) in [5.41, 5.74) is 0.467. The third-order valence-electron chi connectivity index (χ3n) is 2.98. The zero-order valence-corrected chi connectivity index (χ0v) is 10.8. The predicted octanol–water partition coefficient (Wildman–Crippen LogP) is 1.09. The van der Waals surface area contributed by atoms with Crippen LogP contribution in [-0.2, 0) is 9.53 Å². The van der Waals surface area contributed by atoms with Gasteiger partial charge in [-0.15, -0.1) is 0 Å². The van der Waals surface area contributed by atoms with Crippen molar-refractivity contribution >= 4 is 5.91 Å². The Balaban J connectivity index is 1.78. The molecule has 19 heavy (non-hydrogen) atoms. The number of benzene rings is 1. The fraction of sp³-hybridized carbons (Fsp3) is 0.429. The lowest BCUT2D eigenvalue weighted by Gasteiger charge is -2.37. The maximum Gasteiger partial charge on any atom is 0.257 e. The number of rotatable bonds is 5. The fourth-order valence-electron chi connectivity index (χ4n) is 1.74. The first-order chi connectivity index (χ1) is 9.13. The van der Waals surface area contributed by atoms with Crippen LogP contribution in [-0.4, -0.2) is 32.3 Å². The minimum Gasteiger partial charge on any atom is -0.482 e. The second-order valence-corrected chi connectivity index (χ2v) is 4.98. The minimum atomic E-state index is -0.194. The third kappa shape index (κ3) is 3.46. The summed E-state index contributed by atoms with van der Waals surface area (Å²) < 4.78 is 10.5. The fourth-order valence-corrected chi connectivity index (χ4v) is 1.74. The molecule has 5 heteroatoms. The quantitative estimate of drug-likeness (QED) is 0.860. The molecule has 1 aromatic rings. The maximum atomic E-state index is 11.6. The smallest absolute Gasteiger partial charge is 0.257 e. The maximum absolute atomic E-state index is 11.6. The SMILES string of the molecule is CC1(CNC(=O)COc2ccccc2C#N)COC1. The molecule has 1 saturated heterocycles. The molecular formula is C14H16N2O3. The summed E-state index contributed by atoms with van der Waals surface area (Å²) in [4.78, 5) is 11.6. The molecule has 0 aliphatic carbocycles. The first-order valence-electron chi connectivity index (χ1n) is 6.09. The van der Waals surface area contributed by atoms with Gasteiger partial charge in [0.15, 0.2) is 6.61 Å². The van der Waals surface area contributed by atoms with E-state index in [0.29, 0.717) is 31.1 Å². The van der Waals surface area contributed by atoms with Crippen LogP contribution in [0.5, 0.6) is 5.75 Å². The minimum absolute atomic E-state index is 0.0419. The Morgan fingerprint density at radius 1 is 1.53 bits per heavy atom. The first-order valence-corrected chi connectivity index (χ1v) is 6.09. The molecule has 0 radical (unpaired) electrons. The molecule has 1 amide bonds. The van der Waals surface area contributed by atoms with Crippen molar-refractivity contribution < 1.29 is 14.3 Å². The number of nitrogens with one attached hydrogen (secondary N) is 1. The van der Waals surface area contributed by atoms with Gasteiger partial charge >= 0.3 is 0 Å². The van der Waals surface area contributed by atoms with Crippen molar-refractivity contribution in [1.29, 1.82) is 5.26 Å². The monoisotopic (exact) mass is 260 g/mol. The van der Waals surface area contributed by atoms with E-state index in [2.05, 4.69) is 12.2 Å². The molecule has 0 saturated carbocycles. The van der Waals surface area contributed by atoms with E-state index in [1.54, 1.807) is 24.3 Å². The number of carbonyl (C=O) groups excluding carboxylic acids is 1. The van der Waals surface area contributed by atoms with E-state index in [1.165, 1.54) is 0 Å². The number of ether oxygens (including phenoxy) is 2. The molecule has 2 rings (SSSR count). The standard InChI is InChI=1S/C14H16N2O3/c1-14(9-18-10-14)8-16-13(17)7-19-12-5-3-2-4-11(12)6-15/h2-5H,7-10H2,1H3,(H,16,17). The van der Waals surface area contributed by atoms with Gasteiger partial charge in [-0.05, 0) is 12.1 Å². The highest BCUT2D eigenvalue weighted by molar-refractivity contribution is 5.77. The van der Waals surface area contributed by atoms with Crippen molar-refractivity contribution in [1.82, 2.24) is 5.32 Å². The van der Waals surface area contributed by atoms with Gasteiger partial charge in [-0.25, -0.2) is 0 Å². The van der Waals surface area contributed by atoms with E-state index in [9.17, 15) is 4.79 Å². The number of hydrogen-bond acceptors (Lipinski definition) is 4.